The number of benzene rings is 7. The summed E-state index contributed by atoms with van der Waals surface area (Å²) in [7, 11) is 0. The molecule has 0 aliphatic rings. The van der Waals surface area contributed by atoms with Crippen LogP contribution in [0.2, 0.25) is 0 Å². The van der Waals surface area contributed by atoms with Gasteiger partial charge in [-0.1, -0.05) is 175 Å². The number of fused-ring (bicyclic) bond motifs is 5. The van der Waals surface area contributed by atoms with E-state index in [1.807, 2.05) is 18.5 Å². The van der Waals surface area contributed by atoms with Crippen molar-refractivity contribution >= 4 is 32.4 Å². The Kier molecular flexibility index (Phi) is 9.56. The summed E-state index contributed by atoms with van der Waals surface area (Å²) in [5.74, 6) is 1.85. The summed E-state index contributed by atoms with van der Waals surface area (Å²) in [6.45, 7) is 13.4. The van der Waals surface area contributed by atoms with Crippen molar-refractivity contribution in [3.8, 4) is 67.7 Å². The molecule has 10 aromatic rings. The van der Waals surface area contributed by atoms with E-state index in [-0.39, 0.29) is 10.8 Å². The molecule has 0 bridgehead atoms. The first-order chi connectivity index (χ1) is 30.0. The lowest BCUT2D eigenvalue weighted by molar-refractivity contribution is 0.590. The maximum Gasteiger partial charge on any atom is 0.164 e. The maximum absolute atomic E-state index is 5.42. The molecule has 0 saturated carbocycles. The van der Waals surface area contributed by atoms with E-state index in [2.05, 4.69) is 204 Å². The molecule has 0 saturated heterocycles. The fourth-order valence-corrected chi connectivity index (χ4v) is 8.40. The third kappa shape index (κ3) is 7.41. The molecule has 3 aromatic heterocycles. The summed E-state index contributed by atoms with van der Waals surface area (Å²) < 4.78 is 0. The molecule has 0 spiro atoms. The van der Waals surface area contributed by atoms with E-state index >= 15 is 0 Å². The van der Waals surface area contributed by atoms with Gasteiger partial charge in [0.2, 0.25) is 0 Å². The molecule has 0 fully saturated rings. The van der Waals surface area contributed by atoms with Crippen LogP contribution in [-0.4, -0.2) is 24.9 Å². The Balaban J connectivity index is 1.18. The van der Waals surface area contributed by atoms with Crippen LogP contribution < -0.4 is 0 Å². The van der Waals surface area contributed by atoms with Crippen LogP contribution in [0.4, 0.5) is 0 Å². The van der Waals surface area contributed by atoms with Crippen molar-refractivity contribution in [2.24, 2.45) is 0 Å². The molecule has 62 heavy (non-hydrogen) atoms. The normalized spacial score (nSPS) is 12.0. The number of nitrogens with zero attached hydrogens (tertiary/aromatic N) is 5. The Morgan fingerprint density at radius 3 is 1.50 bits per heavy atom. The van der Waals surface area contributed by atoms with Crippen molar-refractivity contribution in [2.75, 3.05) is 0 Å². The molecule has 7 aromatic carbocycles. The first-order valence-corrected chi connectivity index (χ1v) is 21.3. The van der Waals surface area contributed by atoms with E-state index in [1.165, 1.54) is 27.3 Å². The van der Waals surface area contributed by atoms with Crippen LogP contribution in [0.3, 0.4) is 0 Å². The molecule has 0 radical (unpaired) electrons. The summed E-state index contributed by atoms with van der Waals surface area (Å²) in [5.41, 5.74) is 12.4. The fraction of sp³-hybridized carbons (Fsp3) is 0.140. The summed E-state index contributed by atoms with van der Waals surface area (Å²) in [5, 5.41) is 5.88. The van der Waals surface area contributed by atoms with Crippen molar-refractivity contribution in [3.05, 3.63) is 187 Å². The molecule has 3 heterocycles. The molecule has 0 aliphatic carbocycles. The Morgan fingerprint density at radius 1 is 0.355 bits per heavy atom. The molecule has 5 nitrogen and oxygen atoms in total. The Bertz CT molecular complexity index is 3190. The average Bonchev–Trinajstić information content (AvgIpc) is 3.30. The number of hydrogen-bond donors (Lipinski definition) is 0. The van der Waals surface area contributed by atoms with Gasteiger partial charge >= 0.3 is 0 Å². The van der Waals surface area contributed by atoms with Gasteiger partial charge in [0.15, 0.2) is 17.5 Å². The van der Waals surface area contributed by atoms with E-state index in [1.54, 1.807) is 0 Å². The average molecular weight is 802 g/mol. The predicted octanol–water partition coefficient (Wildman–Crippen LogP) is 14.7. The summed E-state index contributed by atoms with van der Waals surface area (Å²) in [4.78, 5) is 25.5. The van der Waals surface area contributed by atoms with Crippen molar-refractivity contribution in [1.29, 1.82) is 0 Å². The van der Waals surface area contributed by atoms with Gasteiger partial charge in [0.1, 0.15) is 0 Å². The molecular formula is C57H47N5. The summed E-state index contributed by atoms with van der Waals surface area (Å²) >= 11 is 0. The van der Waals surface area contributed by atoms with Gasteiger partial charge in [-0.15, -0.1) is 0 Å². The second-order valence-electron chi connectivity index (χ2n) is 18.3. The van der Waals surface area contributed by atoms with E-state index in [9.17, 15) is 0 Å². The van der Waals surface area contributed by atoms with E-state index < -0.39 is 0 Å². The Hall–Kier alpha value is -7.37. The first kappa shape index (κ1) is 38.8. The Morgan fingerprint density at radius 2 is 0.887 bits per heavy atom. The van der Waals surface area contributed by atoms with Crippen molar-refractivity contribution in [3.63, 3.8) is 0 Å². The second-order valence-corrected chi connectivity index (χ2v) is 18.3. The first-order valence-electron chi connectivity index (χ1n) is 21.3. The van der Waals surface area contributed by atoms with E-state index in [4.69, 9.17) is 19.9 Å². The van der Waals surface area contributed by atoms with E-state index in [0.717, 1.165) is 66.5 Å². The largest absolute Gasteiger partial charge is 0.264 e. The lowest BCUT2D eigenvalue weighted by Crippen LogP contribution is -2.10. The topological polar surface area (TPSA) is 64.5 Å². The standard InChI is InChI=1S/C57H47N5/c1-56(2,3)45-24-18-38(19-25-45)53-60-54(39-20-26-46(27-21-39)57(4,5)6)62-55(61-53)44-32-42(31-43(33-44)41-16-12-30-58-35-41)40-23-28-48-50(34-40)59-52(37-14-8-7-9-15-37)49-29-22-36-13-10-11-17-47(36)51(48)49/h7-35H,1-6H3. The quantitative estimate of drug-likeness (QED) is 0.157. The highest BCUT2D eigenvalue weighted by Crippen LogP contribution is 2.40. The highest BCUT2D eigenvalue weighted by Gasteiger charge is 2.20. The van der Waals surface area contributed by atoms with Gasteiger partial charge in [0, 0.05) is 56.4 Å². The zero-order valence-electron chi connectivity index (χ0n) is 36.0. The van der Waals surface area contributed by atoms with Gasteiger partial charge in [-0.25, -0.2) is 19.9 Å². The monoisotopic (exact) mass is 801 g/mol. The lowest BCUT2D eigenvalue weighted by atomic mass is 9.86. The number of rotatable bonds is 6. The number of pyridine rings is 2. The molecule has 0 atom stereocenters. The fourth-order valence-electron chi connectivity index (χ4n) is 8.40. The third-order valence-electron chi connectivity index (χ3n) is 11.9. The number of hydrogen-bond acceptors (Lipinski definition) is 5. The minimum Gasteiger partial charge on any atom is -0.264 e. The van der Waals surface area contributed by atoms with Crippen LogP contribution >= 0.6 is 0 Å². The van der Waals surface area contributed by atoms with Crippen molar-refractivity contribution < 1.29 is 0 Å². The second kappa shape index (κ2) is 15.3. The van der Waals surface area contributed by atoms with Gasteiger partial charge in [-0.3, -0.25) is 4.98 Å². The Labute approximate surface area is 363 Å². The molecule has 0 aliphatic heterocycles. The summed E-state index contributed by atoms with van der Waals surface area (Å²) in [6, 6.07) is 58.1. The maximum atomic E-state index is 5.42. The van der Waals surface area contributed by atoms with Crippen LogP contribution in [0.15, 0.2) is 176 Å². The van der Waals surface area contributed by atoms with Gasteiger partial charge in [-0.05, 0) is 79.8 Å². The van der Waals surface area contributed by atoms with Crippen LogP contribution in [0.5, 0.6) is 0 Å². The van der Waals surface area contributed by atoms with Crippen LogP contribution in [0.25, 0.3) is 100 Å². The summed E-state index contributed by atoms with van der Waals surface area (Å²) in [6.07, 6.45) is 3.72. The van der Waals surface area contributed by atoms with Crippen LogP contribution in [0, 0.1) is 0 Å². The molecule has 0 unspecified atom stereocenters. The molecule has 10 rings (SSSR count). The van der Waals surface area contributed by atoms with Crippen molar-refractivity contribution in [1.82, 2.24) is 24.9 Å². The predicted molar refractivity (Wildman–Crippen MR) is 258 cm³/mol. The molecule has 0 amide bonds. The minimum absolute atomic E-state index is 0.0220. The smallest absolute Gasteiger partial charge is 0.164 e. The van der Waals surface area contributed by atoms with Crippen LogP contribution in [-0.2, 0) is 10.8 Å². The molecule has 5 heteroatoms. The number of aromatic nitrogens is 5. The minimum atomic E-state index is 0.0220. The molecule has 0 N–H and O–H groups in total. The van der Waals surface area contributed by atoms with Gasteiger partial charge in [-0.2, -0.15) is 0 Å². The lowest BCUT2D eigenvalue weighted by Gasteiger charge is -2.19. The highest BCUT2D eigenvalue weighted by atomic mass is 15.0. The third-order valence-corrected chi connectivity index (χ3v) is 11.9. The van der Waals surface area contributed by atoms with Gasteiger partial charge < -0.3 is 0 Å². The molecule has 300 valence electrons. The highest BCUT2D eigenvalue weighted by molar-refractivity contribution is 6.22. The van der Waals surface area contributed by atoms with E-state index in [0.29, 0.717) is 17.5 Å². The molecular weight excluding hydrogens is 755 g/mol. The van der Waals surface area contributed by atoms with Gasteiger partial charge in [0.05, 0.1) is 11.2 Å². The zero-order chi connectivity index (χ0) is 42.6. The SMILES string of the molecule is CC(C)(C)c1ccc(-c2nc(-c3ccc(C(C)(C)C)cc3)nc(-c3cc(-c4cccnc4)cc(-c4ccc5c(c4)nc(-c4ccccc4)c4ccc6ccccc6c45)c3)n2)cc1. The van der Waals surface area contributed by atoms with Crippen molar-refractivity contribution in [2.45, 2.75) is 52.4 Å². The van der Waals surface area contributed by atoms with Crippen LogP contribution in [0.1, 0.15) is 52.7 Å². The van der Waals surface area contributed by atoms with Gasteiger partial charge in [0.25, 0.3) is 0 Å². The zero-order valence-corrected chi connectivity index (χ0v) is 36.0.